The third-order valence-electron chi connectivity index (χ3n) is 5.68. The molecule has 0 radical (unpaired) electrons. The molecule has 3 aromatic heterocycles. The van der Waals surface area contributed by atoms with Gasteiger partial charge in [0.05, 0.1) is 33.5 Å². The first-order valence-electron chi connectivity index (χ1n) is 10.6. The lowest BCUT2D eigenvalue weighted by atomic mass is 10.2. The Labute approximate surface area is 209 Å². The summed E-state index contributed by atoms with van der Waals surface area (Å²) < 4.78 is 43.3. The summed E-state index contributed by atoms with van der Waals surface area (Å²) in [6.07, 6.45) is -0.739. The molecule has 0 saturated heterocycles. The monoisotopic (exact) mass is 533 g/mol. The third-order valence-corrected chi connectivity index (χ3v) is 8.10. The summed E-state index contributed by atoms with van der Waals surface area (Å²) in [6.45, 7) is 0. The molecule has 6 nitrogen and oxygen atoms in total. The highest BCUT2D eigenvalue weighted by atomic mass is 35.5. The highest BCUT2D eigenvalue weighted by Crippen LogP contribution is 2.37. The molecule has 178 valence electrons. The summed E-state index contributed by atoms with van der Waals surface area (Å²) in [5, 5.41) is 1.62. The van der Waals surface area contributed by atoms with Gasteiger partial charge >= 0.3 is 6.18 Å². The minimum atomic E-state index is -4.43. The molecular weight excluding hydrogens is 519 g/mol. The Hall–Kier alpha value is -2.89. The SMILES string of the molecule is O=c1c2ncn(C3CC3)c2nc(SCc2nc3cc(C(F)(F)F)ccc3s2)n1-c1ccc(Cl)cc1. The van der Waals surface area contributed by atoms with Gasteiger partial charge < -0.3 is 4.57 Å². The molecule has 0 N–H and O–H groups in total. The molecule has 0 aliphatic heterocycles. The van der Waals surface area contributed by atoms with Crippen LogP contribution in [0.15, 0.2) is 58.7 Å². The van der Waals surface area contributed by atoms with Crippen molar-refractivity contribution in [2.75, 3.05) is 0 Å². The van der Waals surface area contributed by atoms with E-state index in [2.05, 4.69) is 9.97 Å². The molecule has 0 atom stereocenters. The summed E-state index contributed by atoms with van der Waals surface area (Å²) in [6, 6.07) is 10.7. The number of imidazole rings is 1. The van der Waals surface area contributed by atoms with Crippen LogP contribution < -0.4 is 5.56 Å². The topological polar surface area (TPSA) is 65.6 Å². The van der Waals surface area contributed by atoms with Gasteiger partial charge in [0.25, 0.3) is 5.56 Å². The molecule has 0 bridgehead atoms. The van der Waals surface area contributed by atoms with Crippen LogP contribution in [-0.2, 0) is 11.9 Å². The van der Waals surface area contributed by atoms with E-state index in [9.17, 15) is 18.0 Å². The van der Waals surface area contributed by atoms with Crippen molar-refractivity contribution in [1.82, 2.24) is 24.1 Å². The number of thiazole rings is 1. The Balaban J connectivity index is 1.40. The van der Waals surface area contributed by atoms with E-state index < -0.39 is 11.7 Å². The number of aromatic nitrogens is 5. The van der Waals surface area contributed by atoms with Gasteiger partial charge in [-0.3, -0.25) is 9.36 Å². The van der Waals surface area contributed by atoms with Crippen LogP contribution in [0.4, 0.5) is 13.2 Å². The number of hydrogen-bond donors (Lipinski definition) is 0. The second-order valence-corrected chi connectivity index (χ2v) is 10.6. The number of thioether (sulfide) groups is 1. The number of nitrogens with zero attached hydrogens (tertiary/aromatic N) is 5. The van der Waals surface area contributed by atoms with E-state index in [1.54, 1.807) is 30.6 Å². The fourth-order valence-corrected chi connectivity index (χ4v) is 5.89. The number of rotatable bonds is 5. The Morgan fingerprint density at radius 1 is 1.11 bits per heavy atom. The quantitative estimate of drug-likeness (QED) is 0.191. The van der Waals surface area contributed by atoms with Crippen LogP contribution in [0.5, 0.6) is 0 Å². The average Bonchev–Trinajstić information content (AvgIpc) is 3.43. The van der Waals surface area contributed by atoms with Gasteiger partial charge in [0.2, 0.25) is 0 Å². The van der Waals surface area contributed by atoms with Gasteiger partial charge in [0.15, 0.2) is 16.3 Å². The highest BCUT2D eigenvalue weighted by Gasteiger charge is 2.31. The van der Waals surface area contributed by atoms with Gasteiger partial charge in [-0.2, -0.15) is 13.2 Å². The van der Waals surface area contributed by atoms with E-state index >= 15 is 0 Å². The zero-order chi connectivity index (χ0) is 24.3. The van der Waals surface area contributed by atoms with Gasteiger partial charge in [-0.15, -0.1) is 11.3 Å². The van der Waals surface area contributed by atoms with Crippen LogP contribution in [0.3, 0.4) is 0 Å². The normalized spacial score (nSPS) is 14.3. The van der Waals surface area contributed by atoms with Crippen molar-refractivity contribution in [1.29, 1.82) is 0 Å². The molecule has 0 spiro atoms. The predicted molar refractivity (Wildman–Crippen MR) is 131 cm³/mol. The zero-order valence-electron chi connectivity index (χ0n) is 17.8. The Bertz CT molecular complexity index is 1640. The molecular formula is C23H15ClF3N5OS2. The van der Waals surface area contributed by atoms with Gasteiger partial charge in [-0.05, 0) is 55.3 Å². The van der Waals surface area contributed by atoms with Crippen LogP contribution in [0.1, 0.15) is 29.5 Å². The largest absolute Gasteiger partial charge is 0.416 e. The molecule has 5 aromatic rings. The zero-order valence-corrected chi connectivity index (χ0v) is 20.2. The van der Waals surface area contributed by atoms with Crippen LogP contribution in [0, 0.1) is 0 Å². The first kappa shape index (κ1) is 22.6. The van der Waals surface area contributed by atoms with E-state index in [1.165, 1.54) is 33.7 Å². The summed E-state index contributed by atoms with van der Waals surface area (Å²) >= 11 is 8.66. The van der Waals surface area contributed by atoms with E-state index in [-0.39, 0.29) is 11.1 Å². The molecule has 1 fully saturated rings. The van der Waals surface area contributed by atoms with Crippen molar-refractivity contribution in [2.24, 2.45) is 0 Å². The summed E-state index contributed by atoms with van der Waals surface area (Å²) in [5.74, 6) is 0.337. The molecule has 0 unspecified atom stereocenters. The minimum Gasteiger partial charge on any atom is -0.312 e. The maximum absolute atomic E-state index is 13.5. The summed E-state index contributed by atoms with van der Waals surface area (Å²) in [4.78, 5) is 27.0. The first-order valence-corrected chi connectivity index (χ1v) is 12.8. The van der Waals surface area contributed by atoms with Gasteiger partial charge in [0, 0.05) is 11.1 Å². The number of benzene rings is 2. The molecule has 1 aliphatic carbocycles. The highest BCUT2D eigenvalue weighted by molar-refractivity contribution is 7.98. The maximum atomic E-state index is 13.5. The van der Waals surface area contributed by atoms with Gasteiger partial charge in [-0.1, -0.05) is 23.4 Å². The second kappa shape index (κ2) is 8.35. The first-order chi connectivity index (χ1) is 16.8. The van der Waals surface area contributed by atoms with E-state index in [1.807, 2.05) is 4.57 Å². The molecule has 3 heterocycles. The summed E-state index contributed by atoms with van der Waals surface area (Å²) in [7, 11) is 0. The molecule has 1 aliphatic rings. The smallest absolute Gasteiger partial charge is 0.312 e. The number of halogens is 4. The van der Waals surface area contributed by atoms with Crippen LogP contribution >= 0.6 is 34.7 Å². The summed E-state index contributed by atoms with van der Waals surface area (Å²) in [5.41, 5.74) is 0.687. The molecule has 35 heavy (non-hydrogen) atoms. The van der Waals surface area contributed by atoms with Crippen molar-refractivity contribution in [3.8, 4) is 5.69 Å². The minimum absolute atomic E-state index is 0.288. The molecule has 1 saturated carbocycles. The van der Waals surface area contributed by atoms with Crippen molar-refractivity contribution in [3.05, 3.63) is 74.7 Å². The van der Waals surface area contributed by atoms with Crippen molar-refractivity contribution in [2.45, 2.75) is 36.0 Å². The Morgan fingerprint density at radius 2 is 1.89 bits per heavy atom. The van der Waals surface area contributed by atoms with Crippen molar-refractivity contribution < 1.29 is 13.2 Å². The fourth-order valence-electron chi connectivity index (χ4n) is 3.82. The molecule has 0 amide bonds. The van der Waals surface area contributed by atoms with E-state index in [0.717, 1.165) is 25.0 Å². The molecule has 2 aromatic carbocycles. The number of alkyl halides is 3. The van der Waals surface area contributed by atoms with Crippen LogP contribution in [-0.4, -0.2) is 24.1 Å². The lowest BCUT2D eigenvalue weighted by Crippen LogP contribution is -2.22. The van der Waals surface area contributed by atoms with Gasteiger partial charge in [0.1, 0.15) is 5.01 Å². The van der Waals surface area contributed by atoms with Crippen LogP contribution in [0.2, 0.25) is 5.02 Å². The second-order valence-electron chi connectivity index (χ2n) is 8.14. The lowest BCUT2D eigenvalue weighted by Gasteiger charge is -2.12. The predicted octanol–water partition coefficient (Wildman–Crippen LogP) is 6.49. The van der Waals surface area contributed by atoms with Gasteiger partial charge in [-0.25, -0.2) is 15.0 Å². The Kier molecular flexibility index (Phi) is 5.39. The number of fused-ring (bicyclic) bond motifs is 2. The average molecular weight is 534 g/mol. The maximum Gasteiger partial charge on any atom is 0.416 e. The van der Waals surface area contributed by atoms with Crippen molar-refractivity contribution in [3.63, 3.8) is 0 Å². The fraction of sp³-hybridized carbons (Fsp3) is 0.217. The Morgan fingerprint density at radius 3 is 2.60 bits per heavy atom. The van der Waals surface area contributed by atoms with E-state index in [0.29, 0.717) is 48.5 Å². The third kappa shape index (κ3) is 4.21. The van der Waals surface area contributed by atoms with E-state index in [4.69, 9.17) is 16.6 Å². The molecule has 6 rings (SSSR count). The van der Waals surface area contributed by atoms with Crippen LogP contribution in [0.25, 0.3) is 27.1 Å². The lowest BCUT2D eigenvalue weighted by molar-refractivity contribution is -0.137. The number of hydrogen-bond acceptors (Lipinski definition) is 6. The molecule has 12 heteroatoms. The standard InChI is InChI=1S/C23H15ClF3N5OS2/c24-13-2-4-15(5-3-13)32-21(33)19-20(31(11-28-19)14-6-7-14)30-22(32)34-10-18-29-16-9-12(23(25,26)27)1-8-17(16)35-18/h1-5,8-9,11,14H,6-7,10H2. The van der Waals surface area contributed by atoms with Crippen molar-refractivity contribution >= 4 is 56.1 Å².